The van der Waals surface area contributed by atoms with Crippen LogP contribution in [-0.4, -0.2) is 5.11 Å². The molecule has 1 atom stereocenters. The zero-order valence-electron chi connectivity index (χ0n) is 10.1. The van der Waals surface area contributed by atoms with Crippen molar-refractivity contribution in [1.82, 2.24) is 0 Å². The average molecular weight is 256 g/mol. The summed E-state index contributed by atoms with van der Waals surface area (Å²) >= 11 is 4.37. The summed E-state index contributed by atoms with van der Waals surface area (Å²) in [6.07, 6.45) is 2.75. The van der Waals surface area contributed by atoms with Crippen molar-refractivity contribution in [3.05, 3.63) is 59.7 Å². The van der Waals surface area contributed by atoms with Crippen LogP contribution in [0, 0.1) is 0 Å². The molecule has 1 aliphatic carbocycles. The topological polar surface area (TPSA) is 20.2 Å². The lowest BCUT2D eigenvalue weighted by atomic mass is 9.87. The van der Waals surface area contributed by atoms with Gasteiger partial charge in [-0.25, -0.2) is 0 Å². The van der Waals surface area contributed by atoms with Crippen LogP contribution in [0.2, 0.25) is 0 Å². The summed E-state index contributed by atoms with van der Waals surface area (Å²) in [5.74, 6) is 0. The van der Waals surface area contributed by atoms with E-state index in [-0.39, 0.29) is 0 Å². The number of aryl methyl sites for hydroxylation is 1. The third-order valence-electron chi connectivity index (χ3n) is 3.62. The Balaban J connectivity index is 2.07. The molecule has 0 heterocycles. The Morgan fingerprint density at radius 3 is 2.56 bits per heavy atom. The van der Waals surface area contributed by atoms with Crippen LogP contribution in [0.3, 0.4) is 0 Å². The van der Waals surface area contributed by atoms with Crippen molar-refractivity contribution in [2.24, 2.45) is 0 Å². The van der Waals surface area contributed by atoms with E-state index < -0.39 is 4.93 Å². The smallest absolute Gasteiger partial charge is 0.133 e. The van der Waals surface area contributed by atoms with Gasteiger partial charge in [0.15, 0.2) is 0 Å². The lowest BCUT2D eigenvalue weighted by Crippen LogP contribution is -2.24. The number of thiol groups is 1. The predicted octanol–water partition coefficient (Wildman–Crippen LogP) is 3.76. The summed E-state index contributed by atoms with van der Waals surface area (Å²) in [5.41, 5.74) is 4.62. The molecular formula is C16H16OS. The minimum absolute atomic E-state index is 0.730. The van der Waals surface area contributed by atoms with Crippen molar-refractivity contribution in [3.8, 4) is 11.1 Å². The number of hydrogen-bond donors (Lipinski definition) is 2. The Kier molecular flexibility index (Phi) is 2.92. The van der Waals surface area contributed by atoms with Gasteiger partial charge in [0.25, 0.3) is 0 Å². The summed E-state index contributed by atoms with van der Waals surface area (Å²) in [4.78, 5) is -0.956. The molecule has 0 saturated carbocycles. The Morgan fingerprint density at radius 2 is 1.78 bits per heavy atom. The molecule has 1 nitrogen and oxygen atoms in total. The first-order valence-electron chi connectivity index (χ1n) is 6.30. The summed E-state index contributed by atoms with van der Waals surface area (Å²) < 4.78 is 0. The number of benzene rings is 2. The van der Waals surface area contributed by atoms with Crippen molar-refractivity contribution in [1.29, 1.82) is 0 Å². The van der Waals surface area contributed by atoms with Crippen molar-refractivity contribution < 1.29 is 5.11 Å². The van der Waals surface area contributed by atoms with Crippen LogP contribution in [0.25, 0.3) is 11.1 Å². The maximum Gasteiger partial charge on any atom is 0.133 e. The molecule has 0 aromatic heterocycles. The van der Waals surface area contributed by atoms with Crippen LogP contribution in [-0.2, 0) is 11.4 Å². The molecule has 0 fully saturated rings. The largest absolute Gasteiger partial charge is 0.376 e. The fourth-order valence-electron chi connectivity index (χ4n) is 2.66. The van der Waals surface area contributed by atoms with Gasteiger partial charge in [0.05, 0.1) is 0 Å². The van der Waals surface area contributed by atoms with Gasteiger partial charge in [0, 0.05) is 0 Å². The van der Waals surface area contributed by atoms with Crippen LogP contribution in [0.15, 0.2) is 48.5 Å². The quantitative estimate of drug-likeness (QED) is 0.588. The fourth-order valence-corrected chi connectivity index (χ4v) is 3.04. The lowest BCUT2D eigenvalue weighted by Gasteiger charge is -2.30. The molecular weight excluding hydrogens is 240 g/mol. The van der Waals surface area contributed by atoms with E-state index in [0.29, 0.717) is 0 Å². The van der Waals surface area contributed by atoms with Crippen molar-refractivity contribution in [2.45, 2.75) is 24.2 Å². The van der Waals surface area contributed by atoms with Gasteiger partial charge in [-0.2, -0.15) is 0 Å². The van der Waals surface area contributed by atoms with Crippen molar-refractivity contribution in [3.63, 3.8) is 0 Å². The number of fused-ring (bicyclic) bond motifs is 1. The highest BCUT2D eigenvalue weighted by Gasteiger charge is 2.30. The molecule has 2 aromatic carbocycles. The predicted molar refractivity (Wildman–Crippen MR) is 77.7 cm³/mol. The lowest BCUT2D eigenvalue weighted by molar-refractivity contribution is 0.119. The summed E-state index contributed by atoms with van der Waals surface area (Å²) in [7, 11) is 0. The summed E-state index contributed by atoms with van der Waals surface area (Å²) in [5, 5.41) is 10.3. The second kappa shape index (κ2) is 4.45. The van der Waals surface area contributed by atoms with E-state index in [4.69, 9.17) is 0 Å². The van der Waals surface area contributed by atoms with E-state index in [1.807, 2.05) is 24.3 Å². The average Bonchev–Trinajstić information content (AvgIpc) is 2.39. The Labute approximate surface area is 113 Å². The highest BCUT2D eigenvalue weighted by atomic mass is 32.1. The number of hydrogen-bond acceptors (Lipinski definition) is 2. The van der Waals surface area contributed by atoms with Crippen molar-refractivity contribution >= 4 is 12.6 Å². The van der Waals surface area contributed by atoms with E-state index in [1.165, 1.54) is 16.7 Å². The molecule has 0 saturated heterocycles. The third-order valence-corrected chi connectivity index (χ3v) is 4.08. The normalized spacial score (nSPS) is 22.6. The monoisotopic (exact) mass is 256 g/mol. The van der Waals surface area contributed by atoms with Crippen LogP contribution in [0.5, 0.6) is 0 Å². The third kappa shape index (κ3) is 2.06. The second-order valence-electron chi connectivity index (χ2n) is 4.91. The van der Waals surface area contributed by atoms with Gasteiger partial charge < -0.3 is 5.11 Å². The molecule has 2 aromatic rings. The molecule has 0 unspecified atom stereocenters. The number of aliphatic hydroxyl groups is 1. The van der Waals surface area contributed by atoms with E-state index in [2.05, 4.69) is 36.9 Å². The summed E-state index contributed by atoms with van der Waals surface area (Å²) in [6.45, 7) is 0. The van der Waals surface area contributed by atoms with Gasteiger partial charge in [-0.15, -0.1) is 12.6 Å². The zero-order chi connectivity index (χ0) is 12.6. The first-order chi connectivity index (χ1) is 8.67. The summed E-state index contributed by atoms with van der Waals surface area (Å²) in [6, 6.07) is 16.6. The van der Waals surface area contributed by atoms with E-state index >= 15 is 0 Å². The van der Waals surface area contributed by atoms with Crippen LogP contribution < -0.4 is 0 Å². The van der Waals surface area contributed by atoms with Gasteiger partial charge >= 0.3 is 0 Å². The van der Waals surface area contributed by atoms with Gasteiger partial charge in [0.1, 0.15) is 4.93 Å². The molecule has 0 aliphatic heterocycles. The zero-order valence-corrected chi connectivity index (χ0v) is 11.0. The standard InChI is InChI=1S/C16H16OS/c17-16(18)10-4-7-14-11-13(8-9-15(14)16)12-5-2-1-3-6-12/h1-3,5-6,8-9,11,17-18H,4,7,10H2/t16-/m1/s1. The molecule has 3 rings (SSSR count). The van der Waals surface area contributed by atoms with Gasteiger partial charge in [-0.3, -0.25) is 0 Å². The molecule has 2 heteroatoms. The maximum atomic E-state index is 10.3. The minimum Gasteiger partial charge on any atom is -0.376 e. The molecule has 0 spiro atoms. The second-order valence-corrected chi connectivity index (χ2v) is 5.65. The minimum atomic E-state index is -0.956. The fraction of sp³-hybridized carbons (Fsp3) is 0.250. The molecule has 0 bridgehead atoms. The highest BCUT2D eigenvalue weighted by molar-refractivity contribution is 7.81. The van der Waals surface area contributed by atoms with E-state index in [1.54, 1.807) is 0 Å². The van der Waals surface area contributed by atoms with Crippen LogP contribution in [0.1, 0.15) is 24.0 Å². The first kappa shape index (κ1) is 11.8. The first-order valence-corrected chi connectivity index (χ1v) is 6.75. The molecule has 92 valence electrons. The van der Waals surface area contributed by atoms with E-state index in [0.717, 1.165) is 24.8 Å². The molecule has 1 N–H and O–H groups in total. The van der Waals surface area contributed by atoms with Gasteiger partial charge in [-0.05, 0) is 41.5 Å². The van der Waals surface area contributed by atoms with E-state index in [9.17, 15) is 5.11 Å². The van der Waals surface area contributed by atoms with Crippen molar-refractivity contribution in [2.75, 3.05) is 0 Å². The molecule has 0 amide bonds. The van der Waals surface area contributed by atoms with Crippen LogP contribution in [0.4, 0.5) is 0 Å². The number of rotatable bonds is 1. The van der Waals surface area contributed by atoms with Crippen LogP contribution >= 0.6 is 12.6 Å². The maximum absolute atomic E-state index is 10.3. The molecule has 18 heavy (non-hydrogen) atoms. The van der Waals surface area contributed by atoms with Gasteiger partial charge in [-0.1, -0.05) is 48.5 Å². The highest BCUT2D eigenvalue weighted by Crippen LogP contribution is 2.39. The van der Waals surface area contributed by atoms with Gasteiger partial charge in [0.2, 0.25) is 0 Å². The molecule has 1 aliphatic rings. The molecule has 0 radical (unpaired) electrons. The Morgan fingerprint density at radius 1 is 1.00 bits per heavy atom. The Hall–Kier alpha value is -1.25. The SMILES string of the molecule is O[C@@]1(S)CCCc2cc(-c3ccccc3)ccc21. The Bertz CT molecular complexity index is 561.